The Hall–Kier alpha value is 0.1000. The average molecular weight is 320 g/mol. The van der Waals surface area contributed by atoms with E-state index in [1.165, 1.54) is 11.4 Å². The van der Waals surface area contributed by atoms with Gasteiger partial charge < -0.3 is 13.8 Å². The Kier molecular flexibility index (Phi) is 8.23. The molecule has 0 aliphatic rings. The van der Waals surface area contributed by atoms with Crippen molar-refractivity contribution in [1.82, 2.24) is 0 Å². The summed E-state index contributed by atoms with van der Waals surface area (Å²) in [6, 6.07) is 10.0. The Morgan fingerprint density at radius 2 is 1.63 bits per heavy atom. The second-order valence-corrected chi connectivity index (χ2v) is 9.85. The number of benzene rings is 1. The van der Waals surface area contributed by atoms with E-state index in [0.29, 0.717) is 19.8 Å². The fraction of sp³-hybridized carbons (Fsp3) is 0.538. The zero-order valence-corrected chi connectivity index (χ0v) is 14.1. The molecule has 1 aromatic rings. The van der Waals surface area contributed by atoms with Crippen molar-refractivity contribution in [2.45, 2.75) is 26.2 Å². The van der Waals surface area contributed by atoms with Crippen LogP contribution in [0.2, 0.25) is 0 Å². The van der Waals surface area contributed by atoms with Crippen molar-refractivity contribution in [1.29, 1.82) is 0 Å². The minimum Gasteiger partial charge on any atom is -0.363 e. The van der Waals surface area contributed by atoms with Crippen LogP contribution in [0, 0.1) is 0 Å². The molecule has 6 heteroatoms. The Morgan fingerprint density at radius 1 is 1.05 bits per heavy atom. The van der Waals surface area contributed by atoms with Gasteiger partial charge in [-0.1, -0.05) is 30.3 Å². The van der Waals surface area contributed by atoms with Crippen LogP contribution in [0.1, 0.15) is 31.8 Å². The minimum absolute atomic E-state index is 0.143. The normalized spacial score (nSPS) is 13.4. The van der Waals surface area contributed by atoms with Gasteiger partial charge in [0, 0.05) is 6.61 Å². The van der Waals surface area contributed by atoms with Crippen LogP contribution in [-0.2, 0) is 25.6 Å². The van der Waals surface area contributed by atoms with E-state index in [1.54, 1.807) is 0 Å². The Balaban J connectivity index is 2.84. The predicted octanol–water partition coefficient (Wildman–Crippen LogP) is 4.75. The first-order chi connectivity index (χ1) is 9.15. The van der Waals surface area contributed by atoms with Crippen LogP contribution >= 0.6 is 17.1 Å². The molecule has 1 atom stereocenters. The molecular weight excluding hydrogens is 299 g/mol. The zero-order valence-electron chi connectivity index (χ0n) is 11.6. The molecule has 0 spiro atoms. The highest BCUT2D eigenvalue weighted by Crippen LogP contribution is 2.66. The van der Waals surface area contributed by atoms with Gasteiger partial charge in [-0.25, -0.2) is 0 Å². The average Bonchev–Trinajstić information content (AvgIpc) is 2.40. The van der Waals surface area contributed by atoms with Gasteiger partial charge >= 0.3 is 0 Å². The number of hydrogen-bond acceptors (Lipinski definition) is 5. The first-order valence-electron chi connectivity index (χ1n) is 6.39. The molecule has 0 N–H and O–H groups in total. The van der Waals surface area contributed by atoms with Crippen LogP contribution in [0.3, 0.4) is 0 Å². The Morgan fingerprint density at radius 3 is 2.11 bits per heavy atom. The van der Waals surface area contributed by atoms with E-state index >= 15 is 0 Å². The van der Waals surface area contributed by atoms with Crippen molar-refractivity contribution in [3.05, 3.63) is 35.9 Å². The molecule has 0 saturated carbocycles. The lowest BCUT2D eigenvalue weighted by atomic mass is 10.2. The van der Waals surface area contributed by atoms with Gasteiger partial charge in [0.1, 0.15) is 5.44 Å². The highest BCUT2D eigenvalue weighted by atomic mass is 32.9. The SMILES string of the molecule is CCOC(SP(=S)(OCC)OCC)c1ccccc1. The summed E-state index contributed by atoms with van der Waals surface area (Å²) in [4.78, 5) is 0. The Bertz CT molecular complexity index is 390. The van der Waals surface area contributed by atoms with Crippen molar-refractivity contribution in [2.75, 3.05) is 19.8 Å². The van der Waals surface area contributed by atoms with E-state index in [2.05, 4.69) is 0 Å². The first kappa shape index (κ1) is 17.2. The van der Waals surface area contributed by atoms with Crippen molar-refractivity contribution >= 4 is 28.9 Å². The molecule has 0 bridgehead atoms. The van der Waals surface area contributed by atoms with E-state index in [4.69, 9.17) is 25.6 Å². The molecule has 0 radical (unpaired) electrons. The largest absolute Gasteiger partial charge is 0.363 e. The molecule has 1 unspecified atom stereocenters. The van der Waals surface area contributed by atoms with E-state index in [1.807, 2.05) is 51.1 Å². The molecule has 0 aliphatic heterocycles. The molecule has 0 saturated heterocycles. The molecule has 0 aromatic heterocycles. The fourth-order valence-corrected chi connectivity index (χ4v) is 6.60. The molecule has 3 nitrogen and oxygen atoms in total. The topological polar surface area (TPSA) is 27.7 Å². The lowest BCUT2D eigenvalue weighted by molar-refractivity contribution is 0.126. The number of ether oxygens (including phenoxy) is 1. The summed E-state index contributed by atoms with van der Waals surface area (Å²) in [5, 5.41) is 0. The second kappa shape index (κ2) is 9.11. The predicted molar refractivity (Wildman–Crippen MR) is 85.9 cm³/mol. The maximum absolute atomic E-state index is 5.78. The lowest BCUT2D eigenvalue weighted by Crippen LogP contribution is -2.02. The lowest BCUT2D eigenvalue weighted by Gasteiger charge is -2.25. The highest BCUT2D eigenvalue weighted by molar-refractivity contribution is 8.67. The quantitative estimate of drug-likeness (QED) is 0.483. The van der Waals surface area contributed by atoms with Gasteiger partial charge in [0.25, 0.3) is 0 Å². The van der Waals surface area contributed by atoms with Gasteiger partial charge in [0.2, 0.25) is 5.69 Å². The summed E-state index contributed by atoms with van der Waals surface area (Å²) in [6.45, 7) is 7.56. The molecule has 0 heterocycles. The third-order valence-corrected chi connectivity index (χ3v) is 7.58. The minimum atomic E-state index is -2.35. The Labute approximate surface area is 124 Å². The molecule has 1 rings (SSSR count). The standard InChI is InChI=1S/C13H21O3PS2/c1-4-14-13(12-10-8-7-9-11-12)19-17(18,15-5-2)16-6-3/h7-11,13H,4-6H2,1-3H3. The van der Waals surface area contributed by atoms with Crippen molar-refractivity contribution in [3.63, 3.8) is 0 Å². The van der Waals surface area contributed by atoms with Crippen LogP contribution < -0.4 is 0 Å². The van der Waals surface area contributed by atoms with Crippen LogP contribution in [0.5, 0.6) is 0 Å². The summed E-state index contributed by atoms with van der Waals surface area (Å²) in [6.07, 6.45) is 0. The zero-order chi connectivity index (χ0) is 14.1. The molecule has 1 aromatic carbocycles. The number of hydrogen-bond donors (Lipinski definition) is 0. The van der Waals surface area contributed by atoms with Crippen molar-refractivity contribution in [2.24, 2.45) is 0 Å². The molecule has 0 fully saturated rings. The third kappa shape index (κ3) is 5.94. The van der Waals surface area contributed by atoms with Gasteiger partial charge in [-0.2, -0.15) is 0 Å². The van der Waals surface area contributed by atoms with Crippen molar-refractivity contribution < 1.29 is 13.8 Å². The molecular formula is C13H21O3PS2. The third-order valence-electron chi connectivity index (χ3n) is 2.19. The van der Waals surface area contributed by atoms with Gasteiger partial charge in [-0.15, -0.1) is 0 Å². The smallest absolute Gasteiger partial charge is 0.250 e. The van der Waals surface area contributed by atoms with E-state index < -0.39 is 5.69 Å². The maximum atomic E-state index is 5.78. The van der Waals surface area contributed by atoms with Gasteiger partial charge in [-0.3, -0.25) is 0 Å². The summed E-state index contributed by atoms with van der Waals surface area (Å²) >= 11 is 7.02. The van der Waals surface area contributed by atoms with Gasteiger partial charge in [0.15, 0.2) is 0 Å². The van der Waals surface area contributed by atoms with Gasteiger partial charge in [-0.05, 0) is 49.5 Å². The molecule has 0 amide bonds. The summed E-state index contributed by atoms with van der Waals surface area (Å²) in [5.74, 6) is 0. The summed E-state index contributed by atoms with van der Waals surface area (Å²) in [5.41, 5.74) is -1.40. The van der Waals surface area contributed by atoms with Crippen LogP contribution in [0.4, 0.5) is 0 Å². The molecule has 19 heavy (non-hydrogen) atoms. The van der Waals surface area contributed by atoms with Crippen LogP contribution in [0.25, 0.3) is 0 Å². The summed E-state index contributed by atoms with van der Waals surface area (Å²) < 4.78 is 17.1. The highest BCUT2D eigenvalue weighted by Gasteiger charge is 2.26. The van der Waals surface area contributed by atoms with Crippen LogP contribution in [-0.4, -0.2) is 19.8 Å². The molecule has 0 aliphatic carbocycles. The summed E-state index contributed by atoms with van der Waals surface area (Å²) in [7, 11) is 0. The second-order valence-electron chi connectivity index (χ2n) is 3.59. The fourth-order valence-electron chi connectivity index (χ4n) is 1.48. The maximum Gasteiger partial charge on any atom is 0.250 e. The monoisotopic (exact) mass is 320 g/mol. The van der Waals surface area contributed by atoms with Gasteiger partial charge in [0.05, 0.1) is 13.2 Å². The van der Waals surface area contributed by atoms with E-state index in [9.17, 15) is 0 Å². The van der Waals surface area contributed by atoms with E-state index in [0.717, 1.165) is 5.56 Å². The van der Waals surface area contributed by atoms with Crippen LogP contribution in [0.15, 0.2) is 30.3 Å². The number of rotatable bonds is 9. The van der Waals surface area contributed by atoms with E-state index in [-0.39, 0.29) is 5.44 Å². The first-order valence-corrected chi connectivity index (χ1v) is 10.5. The van der Waals surface area contributed by atoms with Crippen molar-refractivity contribution in [3.8, 4) is 0 Å². The molecule has 108 valence electrons.